The summed E-state index contributed by atoms with van der Waals surface area (Å²) in [6.07, 6.45) is 2.03. The van der Waals surface area contributed by atoms with Crippen molar-refractivity contribution < 1.29 is 9.59 Å². The molecule has 1 aromatic carbocycles. The molecule has 1 aliphatic carbocycles. The van der Waals surface area contributed by atoms with Gasteiger partial charge in [-0.1, -0.05) is 12.1 Å². The SMILES string of the molecule is CN=C(NCCNC(=O)C1CC1)NCc1ccc(C(=O)N(C)C)cc1.I. The smallest absolute Gasteiger partial charge is 0.253 e. The maximum atomic E-state index is 11.9. The minimum absolute atomic E-state index is 0. The molecule has 7 nitrogen and oxygen atoms in total. The van der Waals surface area contributed by atoms with Crippen molar-refractivity contribution in [3.63, 3.8) is 0 Å². The highest BCUT2D eigenvalue weighted by atomic mass is 127. The van der Waals surface area contributed by atoms with Gasteiger partial charge in [-0.05, 0) is 30.5 Å². The van der Waals surface area contributed by atoms with Crippen LogP contribution in [-0.4, -0.2) is 56.9 Å². The van der Waals surface area contributed by atoms with Gasteiger partial charge < -0.3 is 20.9 Å². The van der Waals surface area contributed by atoms with Crippen LogP contribution in [0.1, 0.15) is 28.8 Å². The zero-order chi connectivity index (χ0) is 18.2. The number of rotatable bonds is 7. The number of amides is 2. The van der Waals surface area contributed by atoms with Crippen LogP contribution in [0.25, 0.3) is 0 Å². The fourth-order valence-electron chi connectivity index (χ4n) is 2.29. The van der Waals surface area contributed by atoms with Crippen LogP contribution in [0.4, 0.5) is 0 Å². The van der Waals surface area contributed by atoms with Crippen molar-refractivity contribution in [2.45, 2.75) is 19.4 Å². The van der Waals surface area contributed by atoms with E-state index in [0.29, 0.717) is 31.2 Å². The lowest BCUT2D eigenvalue weighted by Gasteiger charge is -2.13. The van der Waals surface area contributed by atoms with Crippen molar-refractivity contribution in [1.82, 2.24) is 20.9 Å². The van der Waals surface area contributed by atoms with E-state index in [1.165, 1.54) is 0 Å². The molecule has 0 unspecified atom stereocenters. The number of guanidine groups is 1. The van der Waals surface area contributed by atoms with Crippen molar-refractivity contribution in [3.8, 4) is 0 Å². The van der Waals surface area contributed by atoms with Gasteiger partial charge in [-0.15, -0.1) is 24.0 Å². The van der Waals surface area contributed by atoms with E-state index in [4.69, 9.17) is 0 Å². The van der Waals surface area contributed by atoms with Gasteiger partial charge in [-0.25, -0.2) is 0 Å². The summed E-state index contributed by atoms with van der Waals surface area (Å²) < 4.78 is 0. The standard InChI is InChI=1S/C18H27N5O2.HI/c1-19-18(21-11-10-20-16(24)14-8-9-14)22-12-13-4-6-15(7-5-13)17(25)23(2)3;/h4-7,14H,8-12H2,1-3H3,(H,20,24)(H2,19,21,22);1H. The largest absolute Gasteiger partial charge is 0.355 e. The normalized spacial score (nSPS) is 13.4. The third-order valence-electron chi connectivity index (χ3n) is 3.96. The number of hydrogen-bond acceptors (Lipinski definition) is 3. The molecule has 3 N–H and O–H groups in total. The Morgan fingerprint density at radius 3 is 2.23 bits per heavy atom. The van der Waals surface area contributed by atoms with Crippen LogP contribution in [0.2, 0.25) is 0 Å². The van der Waals surface area contributed by atoms with Crippen LogP contribution in [-0.2, 0) is 11.3 Å². The van der Waals surface area contributed by atoms with Crippen molar-refractivity contribution in [1.29, 1.82) is 0 Å². The topological polar surface area (TPSA) is 85.8 Å². The number of carbonyl (C=O) groups excluding carboxylic acids is 2. The zero-order valence-electron chi connectivity index (χ0n) is 15.5. The van der Waals surface area contributed by atoms with Gasteiger partial charge in [0.1, 0.15) is 0 Å². The van der Waals surface area contributed by atoms with Crippen LogP contribution >= 0.6 is 24.0 Å². The molecule has 0 spiro atoms. The highest BCUT2D eigenvalue weighted by Gasteiger charge is 2.28. The van der Waals surface area contributed by atoms with Crippen molar-refractivity contribution in [2.24, 2.45) is 10.9 Å². The Kier molecular flexibility index (Phi) is 9.39. The van der Waals surface area contributed by atoms with E-state index in [-0.39, 0.29) is 41.7 Å². The van der Waals surface area contributed by atoms with Gasteiger partial charge in [0.2, 0.25) is 5.91 Å². The van der Waals surface area contributed by atoms with E-state index in [0.717, 1.165) is 18.4 Å². The number of nitrogens with zero attached hydrogens (tertiary/aromatic N) is 2. The third-order valence-corrected chi connectivity index (χ3v) is 3.96. The molecule has 144 valence electrons. The molecule has 1 aliphatic rings. The molecule has 1 saturated carbocycles. The molecule has 0 saturated heterocycles. The molecule has 0 bridgehead atoms. The molecule has 1 fully saturated rings. The van der Waals surface area contributed by atoms with Gasteiger partial charge >= 0.3 is 0 Å². The molecule has 0 aliphatic heterocycles. The average molecular weight is 473 g/mol. The predicted octanol–water partition coefficient (Wildman–Crippen LogP) is 1.20. The first kappa shape index (κ1) is 22.2. The number of aliphatic imine (C=N–C) groups is 1. The van der Waals surface area contributed by atoms with Crippen LogP contribution in [0.5, 0.6) is 0 Å². The fourth-order valence-corrected chi connectivity index (χ4v) is 2.29. The van der Waals surface area contributed by atoms with Gasteiger partial charge in [0.15, 0.2) is 5.96 Å². The Hall–Kier alpha value is -1.84. The van der Waals surface area contributed by atoms with Crippen molar-refractivity contribution >= 4 is 41.8 Å². The number of carbonyl (C=O) groups is 2. The summed E-state index contributed by atoms with van der Waals surface area (Å²) in [5.41, 5.74) is 1.72. The Morgan fingerprint density at radius 2 is 1.69 bits per heavy atom. The van der Waals surface area contributed by atoms with Gasteiger partial charge in [0.05, 0.1) is 0 Å². The first-order valence-corrected chi connectivity index (χ1v) is 8.54. The summed E-state index contributed by atoms with van der Waals surface area (Å²) >= 11 is 0. The van der Waals surface area contributed by atoms with Gasteiger partial charge in [-0.2, -0.15) is 0 Å². The van der Waals surface area contributed by atoms with Gasteiger partial charge in [0.25, 0.3) is 5.91 Å². The molecule has 1 aromatic rings. The molecule has 8 heteroatoms. The van der Waals surface area contributed by atoms with Crippen LogP contribution in [0.15, 0.2) is 29.3 Å². The summed E-state index contributed by atoms with van der Waals surface area (Å²) in [5, 5.41) is 9.28. The molecule has 2 amide bonds. The van der Waals surface area contributed by atoms with E-state index >= 15 is 0 Å². The highest BCUT2D eigenvalue weighted by molar-refractivity contribution is 14.0. The first-order chi connectivity index (χ1) is 12.0. The molecule has 0 aromatic heterocycles. The molecule has 0 radical (unpaired) electrons. The quantitative estimate of drug-likeness (QED) is 0.241. The van der Waals surface area contributed by atoms with E-state index in [9.17, 15) is 9.59 Å². The van der Waals surface area contributed by atoms with E-state index in [1.54, 1.807) is 26.0 Å². The predicted molar refractivity (Wildman–Crippen MR) is 114 cm³/mol. The summed E-state index contributed by atoms with van der Waals surface area (Å²) in [6, 6.07) is 7.49. The third kappa shape index (κ3) is 7.19. The van der Waals surface area contributed by atoms with E-state index in [1.807, 2.05) is 24.3 Å². The minimum Gasteiger partial charge on any atom is -0.355 e. The second-order valence-corrected chi connectivity index (χ2v) is 6.31. The fraction of sp³-hybridized carbons (Fsp3) is 0.500. The Bertz CT molecular complexity index is 627. The Labute approximate surface area is 172 Å². The maximum absolute atomic E-state index is 11.9. The van der Waals surface area contributed by atoms with Crippen LogP contribution < -0.4 is 16.0 Å². The van der Waals surface area contributed by atoms with Crippen molar-refractivity contribution in [2.75, 3.05) is 34.2 Å². The average Bonchev–Trinajstić information content (AvgIpc) is 3.46. The summed E-state index contributed by atoms with van der Waals surface area (Å²) in [7, 11) is 5.18. The van der Waals surface area contributed by atoms with Crippen molar-refractivity contribution in [3.05, 3.63) is 35.4 Å². The van der Waals surface area contributed by atoms with E-state index < -0.39 is 0 Å². The van der Waals surface area contributed by atoms with Crippen LogP contribution in [0, 0.1) is 5.92 Å². The second-order valence-electron chi connectivity index (χ2n) is 6.31. The molecular formula is C18H28IN5O2. The van der Waals surface area contributed by atoms with E-state index in [2.05, 4.69) is 20.9 Å². The lowest BCUT2D eigenvalue weighted by Crippen LogP contribution is -2.41. The molecular weight excluding hydrogens is 445 g/mol. The Balaban J connectivity index is 0.00000338. The Morgan fingerprint density at radius 1 is 1.08 bits per heavy atom. The number of benzene rings is 1. The zero-order valence-corrected chi connectivity index (χ0v) is 17.9. The second kappa shape index (κ2) is 11.0. The first-order valence-electron chi connectivity index (χ1n) is 8.54. The number of hydrogen-bond donors (Lipinski definition) is 3. The lowest BCUT2D eigenvalue weighted by molar-refractivity contribution is -0.122. The molecule has 0 heterocycles. The lowest BCUT2D eigenvalue weighted by atomic mass is 10.1. The summed E-state index contributed by atoms with van der Waals surface area (Å²) in [6.45, 7) is 1.80. The summed E-state index contributed by atoms with van der Waals surface area (Å²) in [5.74, 6) is 1.05. The summed E-state index contributed by atoms with van der Waals surface area (Å²) in [4.78, 5) is 29.1. The van der Waals surface area contributed by atoms with Gasteiger partial charge in [-0.3, -0.25) is 14.6 Å². The minimum atomic E-state index is -0.00905. The molecule has 26 heavy (non-hydrogen) atoms. The molecule has 0 atom stereocenters. The van der Waals surface area contributed by atoms with Crippen LogP contribution in [0.3, 0.4) is 0 Å². The molecule has 2 rings (SSSR count). The highest BCUT2D eigenvalue weighted by Crippen LogP contribution is 2.28. The monoisotopic (exact) mass is 473 g/mol. The van der Waals surface area contributed by atoms with Gasteiger partial charge in [0, 0.05) is 52.3 Å². The number of halogens is 1. The number of nitrogens with one attached hydrogen (secondary N) is 3. The maximum Gasteiger partial charge on any atom is 0.253 e.